The van der Waals surface area contributed by atoms with Crippen molar-refractivity contribution < 1.29 is 14.3 Å². The number of hydrogen-bond acceptors (Lipinski definition) is 4. The number of esters is 1. The number of carbonyl (C=O) groups is 2. The number of hydrogen-bond donors (Lipinski definition) is 1. The molecule has 0 bridgehead atoms. The fourth-order valence-corrected chi connectivity index (χ4v) is 3.79. The average Bonchev–Trinajstić information content (AvgIpc) is 3.02. The lowest BCUT2D eigenvalue weighted by Gasteiger charge is -2.27. The van der Waals surface area contributed by atoms with Crippen LogP contribution in [-0.2, 0) is 11.3 Å². The normalized spacial score (nSPS) is 13.3. The highest BCUT2D eigenvalue weighted by molar-refractivity contribution is 6.26. The zero-order valence-electron chi connectivity index (χ0n) is 15.7. The summed E-state index contributed by atoms with van der Waals surface area (Å²) in [6.45, 7) is 5.20. The number of ether oxygens (including phenoxy) is 1. The Bertz CT molecular complexity index is 1070. The molecule has 4 rings (SSSR count). The van der Waals surface area contributed by atoms with E-state index in [1.807, 2.05) is 35.8 Å². The average molecular weight is 366 g/mol. The number of aryl methyl sites for hydroxylation is 1. The predicted octanol–water partition coefficient (Wildman–Crippen LogP) is 4.15. The summed E-state index contributed by atoms with van der Waals surface area (Å²) in [5.74, 6) is 0.133. The van der Waals surface area contributed by atoms with E-state index >= 15 is 0 Å². The number of nitrogens with one attached hydrogen (secondary N) is 1. The number of rotatable bonds is 5. The minimum atomic E-state index is -0.472. The Morgan fingerprint density at radius 2 is 2.04 bits per heavy atom. The first-order valence-corrected chi connectivity index (χ1v) is 9.24. The first-order valence-electron chi connectivity index (χ1n) is 9.24. The molecule has 0 radical (unpaired) electrons. The minimum Gasteiger partial charge on any atom is -0.464 e. The summed E-state index contributed by atoms with van der Waals surface area (Å²) >= 11 is 0. The van der Waals surface area contributed by atoms with Crippen molar-refractivity contribution in [3.8, 4) is 0 Å². The van der Waals surface area contributed by atoms with Crippen LogP contribution < -0.4 is 10.2 Å². The largest absolute Gasteiger partial charge is 0.464 e. The highest BCUT2D eigenvalue weighted by Crippen LogP contribution is 2.43. The number of pyridine rings is 1. The fourth-order valence-electron chi connectivity index (χ4n) is 3.79. The van der Waals surface area contributed by atoms with Crippen LogP contribution in [0.25, 0.3) is 21.8 Å². The van der Waals surface area contributed by atoms with E-state index in [-0.39, 0.29) is 6.03 Å². The number of amides is 2. The van der Waals surface area contributed by atoms with Gasteiger partial charge in [0.1, 0.15) is 5.82 Å². The molecule has 7 heteroatoms. The van der Waals surface area contributed by atoms with Crippen LogP contribution in [0.3, 0.4) is 0 Å². The van der Waals surface area contributed by atoms with Gasteiger partial charge in [-0.3, -0.25) is 4.90 Å². The van der Waals surface area contributed by atoms with Gasteiger partial charge in [0.15, 0.2) is 5.69 Å². The second-order valence-corrected chi connectivity index (χ2v) is 6.57. The molecule has 140 valence electrons. The van der Waals surface area contributed by atoms with E-state index in [1.54, 1.807) is 4.90 Å². The summed E-state index contributed by atoms with van der Waals surface area (Å²) < 4.78 is 6.92. The van der Waals surface area contributed by atoms with Crippen LogP contribution in [0, 0.1) is 0 Å². The Kier molecular flexibility index (Phi) is 4.22. The maximum Gasteiger partial charge on any atom is 0.356 e. The Morgan fingerprint density at radius 3 is 2.74 bits per heavy atom. The summed E-state index contributed by atoms with van der Waals surface area (Å²) in [5.41, 5.74) is 2.55. The van der Waals surface area contributed by atoms with Crippen LogP contribution in [0.2, 0.25) is 0 Å². The van der Waals surface area contributed by atoms with Gasteiger partial charge in [0.25, 0.3) is 0 Å². The highest BCUT2D eigenvalue weighted by Gasteiger charge is 2.35. The molecule has 0 fully saturated rings. The summed E-state index contributed by atoms with van der Waals surface area (Å²) in [7, 11) is 1.35. The number of nitrogens with zero attached hydrogens (tertiary/aromatic N) is 3. The molecule has 3 heterocycles. The van der Waals surface area contributed by atoms with Gasteiger partial charge < -0.3 is 14.6 Å². The number of urea groups is 1. The molecule has 1 aliphatic heterocycles. The topological polar surface area (TPSA) is 76.5 Å². The summed E-state index contributed by atoms with van der Waals surface area (Å²) in [4.78, 5) is 31.8. The molecule has 0 saturated heterocycles. The molecule has 0 spiro atoms. The number of anilines is 2. The van der Waals surface area contributed by atoms with Gasteiger partial charge in [-0.1, -0.05) is 31.5 Å². The van der Waals surface area contributed by atoms with Gasteiger partial charge >= 0.3 is 12.0 Å². The quantitative estimate of drug-likeness (QED) is 0.688. The molecule has 0 unspecified atom stereocenters. The number of carbonyl (C=O) groups excluding carboxylic acids is 2. The predicted molar refractivity (Wildman–Crippen MR) is 106 cm³/mol. The lowest BCUT2D eigenvalue weighted by molar-refractivity contribution is 0.0590. The van der Waals surface area contributed by atoms with Gasteiger partial charge in [0.05, 0.1) is 29.2 Å². The maximum absolute atomic E-state index is 12.8. The molecule has 1 N–H and O–H groups in total. The van der Waals surface area contributed by atoms with Crippen LogP contribution in [-0.4, -0.2) is 35.2 Å². The number of methoxy groups -OCH3 is 1. The minimum absolute atomic E-state index is 0.265. The fraction of sp³-hybridized carbons (Fsp3) is 0.350. The van der Waals surface area contributed by atoms with Gasteiger partial charge in [0, 0.05) is 18.5 Å². The standard InChI is InChI=1S/C20H22N4O3/c1-4-6-11-24-18-14-15(22-20(24)26)17(19(25)27-3)23(5-2)16(14)12-9-7-8-10-13(12)21-18/h7-10H,4-6,11H2,1-3H3,(H,22,26). The molecule has 7 nitrogen and oxygen atoms in total. The summed E-state index contributed by atoms with van der Waals surface area (Å²) in [5, 5.41) is 4.66. The number of benzene rings is 1. The third-order valence-electron chi connectivity index (χ3n) is 5.04. The smallest absolute Gasteiger partial charge is 0.356 e. The van der Waals surface area contributed by atoms with Crippen molar-refractivity contribution in [2.24, 2.45) is 0 Å². The number of unbranched alkanes of at least 4 members (excludes halogenated alkanes) is 1. The van der Waals surface area contributed by atoms with Crippen LogP contribution in [0.15, 0.2) is 24.3 Å². The molecular formula is C20H22N4O3. The summed E-state index contributed by atoms with van der Waals surface area (Å²) in [6, 6.07) is 7.53. The Labute approximate surface area is 156 Å². The van der Waals surface area contributed by atoms with Crippen LogP contribution in [0.5, 0.6) is 0 Å². The first-order chi connectivity index (χ1) is 13.1. The van der Waals surface area contributed by atoms with Crippen LogP contribution in [0.4, 0.5) is 16.3 Å². The SMILES string of the molecule is CCCCN1C(=O)Nc2c(C(=O)OC)n(CC)c3c2c1nc1ccccc13. The van der Waals surface area contributed by atoms with Crippen LogP contribution in [0.1, 0.15) is 37.2 Å². The van der Waals surface area contributed by atoms with Gasteiger partial charge in [-0.05, 0) is 19.4 Å². The van der Waals surface area contributed by atoms with Crippen molar-refractivity contribution in [1.29, 1.82) is 0 Å². The molecule has 0 saturated carbocycles. The molecular weight excluding hydrogens is 344 g/mol. The van der Waals surface area contributed by atoms with E-state index in [1.165, 1.54) is 7.11 Å². The molecule has 1 aromatic carbocycles. The van der Waals surface area contributed by atoms with Crippen molar-refractivity contribution in [3.63, 3.8) is 0 Å². The maximum atomic E-state index is 12.8. The lowest BCUT2D eigenvalue weighted by atomic mass is 10.1. The monoisotopic (exact) mass is 366 g/mol. The molecule has 0 aliphatic carbocycles. The summed E-state index contributed by atoms with van der Waals surface area (Å²) in [6.07, 6.45) is 1.84. The van der Waals surface area contributed by atoms with Crippen molar-refractivity contribution in [1.82, 2.24) is 9.55 Å². The Balaban J connectivity index is 2.15. The second-order valence-electron chi connectivity index (χ2n) is 6.57. The van der Waals surface area contributed by atoms with Crippen molar-refractivity contribution in [2.75, 3.05) is 23.9 Å². The zero-order valence-corrected chi connectivity index (χ0v) is 15.7. The van der Waals surface area contributed by atoms with E-state index in [2.05, 4.69) is 12.2 Å². The number of para-hydroxylation sites is 1. The third kappa shape index (κ3) is 2.45. The van der Waals surface area contributed by atoms with Gasteiger partial charge in [-0.15, -0.1) is 0 Å². The second kappa shape index (κ2) is 6.57. The number of fused-ring (bicyclic) bond motifs is 2. The number of aromatic nitrogens is 2. The first kappa shape index (κ1) is 17.3. The van der Waals surface area contributed by atoms with E-state index in [4.69, 9.17) is 9.72 Å². The molecule has 0 atom stereocenters. The molecule has 27 heavy (non-hydrogen) atoms. The van der Waals surface area contributed by atoms with E-state index in [9.17, 15) is 9.59 Å². The van der Waals surface area contributed by atoms with Crippen molar-refractivity contribution >= 4 is 45.3 Å². The highest BCUT2D eigenvalue weighted by atomic mass is 16.5. The van der Waals surface area contributed by atoms with Crippen LogP contribution >= 0.6 is 0 Å². The zero-order chi connectivity index (χ0) is 19.1. The molecule has 2 aromatic heterocycles. The molecule has 3 aromatic rings. The Morgan fingerprint density at radius 1 is 1.26 bits per heavy atom. The van der Waals surface area contributed by atoms with E-state index in [0.717, 1.165) is 34.6 Å². The van der Waals surface area contributed by atoms with E-state index in [0.29, 0.717) is 30.3 Å². The van der Waals surface area contributed by atoms with Crippen molar-refractivity contribution in [3.05, 3.63) is 30.0 Å². The molecule has 2 amide bonds. The van der Waals surface area contributed by atoms with Gasteiger partial charge in [-0.25, -0.2) is 14.6 Å². The van der Waals surface area contributed by atoms with Crippen molar-refractivity contribution in [2.45, 2.75) is 33.2 Å². The lowest BCUT2D eigenvalue weighted by Crippen LogP contribution is -2.39. The van der Waals surface area contributed by atoms with Gasteiger partial charge in [-0.2, -0.15) is 0 Å². The molecule has 1 aliphatic rings. The third-order valence-corrected chi connectivity index (χ3v) is 5.04. The van der Waals surface area contributed by atoms with Gasteiger partial charge in [0.2, 0.25) is 0 Å². The van der Waals surface area contributed by atoms with E-state index < -0.39 is 5.97 Å². The Hall–Kier alpha value is -3.09.